The first-order chi connectivity index (χ1) is 18.8. The molecule has 1 aliphatic carbocycles. The van der Waals surface area contributed by atoms with E-state index in [2.05, 4.69) is 35.9 Å². The largest absolute Gasteiger partial charge is 0.494 e. The van der Waals surface area contributed by atoms with Crippen LogP contribution < -0.4 is 4.74 Å². The fraction of sp³-hybridized carbons (Fsp3) is 0.714. The zero-order valence-electron chi connectivity index (χ0n) is 24.8. The van der Waals surface area contributed by atoms with Gasteiger partial charge in [-0.25, -0.2) is 9.97 Å². The first-order valence-electron chi connectivity index (χ1n) is 16.3. The van der Waals surface area contributed by atoms with Gasteiger partial charge < -0.3 is 4.74 Å². The molecule has 3 heteroatoms. The zero-order valence-corrected chi connectivity index (χ0v) is 24.8. The maximum Gasteiger partial charge on any atom is 0.159 e. The Morgan fingerprint density at radius 2 is 1.16 bits per heavy atom. The van der Waals surface area contributed by atoms with Crippen molar-refractivity contribution in [1.82, 2.24) is 9.97 Å². The Morgan fingerprint density at radius 3 is 1.76 bits per heavy atom. The summed E-state index contributed by atoms with van der Waals surface area (Å²) in [6.45, 7) is 5.36. The molecule has 3 rings (SSSR count). The summed E-state index contributed by atoms with van der Waals surface area (Å²) in [6.07, 6.45) is 31.5. The van der Waals surface area contributed by atoms with Crippen molar-refractivity contribution >= 4 is 0 Å². The summed E-state index contributed by atoms with van der Waals surface area (Å²) in [4.78, 5) is 9.36. The van der Waals surface area contributed by atoms with Crippen LogP contribution in [0.2, 0.25) is 0 Å². The number of aromatic nitrogens is 2. The highest BCUT2D eigenvalue weighted by Crippen LogP contribution is 2.34. The van der Waals surface area contributed by atoms with Gasteiger partial charge >= 0.3 is 0 Å². The van der Waals surface area contributed by atoms with Crippen LogP contribution in [-0.2, 0) is 6.42 Å². The molecule has 0 spiro atoms. The molecule has 0 bridgehead atoms. The van der Waals surface area contributed by atoms with Crippen LogP contribution in [0.5, 0.6) is 5.75 Å². The van der Waals surface area contributed by atoms with Crippen molar-refractivity contribution in [1.29, 1.82) is 0 Å². The second kappa shape index (κ2) is 19.2. The Hall–Kier alpha value is -1.90. The smallest absolute Gasteiger partial charge is 0.159 e. The van der Waals surface area contributed by atoms with Gasteiger partial charge in [0, 0.05) is 18.0 Å². The molecule has 0 amide bonds. The van der Waals surface area contributed by atoms with Crippen molar-refractivity contribution in [2.45, 2.75) is 142 Å². The molecule has 1 aromatic carbocycles. The third-order valence-electron chi connectivity index (χ3n) is 8.61. The molecule has 38 heavy (non-hydrogen) atoms. The van der Waals surface area contributed by atoms with Crippen LogP contribution >= 0.6 is 0 Å². The molecule has 1 heterocycles. The normalized spacial score (nSPS) is 17.5. The van der Waals surface area contributed by atoms with E-state index in [1.54, 1.807) is 0 Å². The number of hydrogen-bond donors (Lipinski definition) is 0. The SMILES string of the molecule is CCCCCCCCC[C@H]1CC[C@H](CCc2cnc(-c3ccc(OCCCCCCCC)cc3)nc2)CC1. The first kappa shape index (κ1) is 30.6. The lowest BCUT2D eigenvalue weighted by atomic mass is 9.78. The van der Waals surface area contributed by atoms with Gasteiger partial charge in [0.05, 0.1) is 6.61 Å². The van der Waals surface area contributed by atoms with Crippen molar-refractivity contribution in [3.05, 3.63) is 42.2 Å². The average molecular weight is 521 g/mol. The number of nitrogens with zero attached hydrogens (tertiary/aromatic N) is 2. The summed E-state index contributed by atoms with van der Waals surface area (Å²) in [5, 5.41) is 0. The highest BCUT2D eigenvalue weighted by molar-refractivity contribution is 5.55. The van der Waals surface area contributed by atoms with Crippen LogP contribution in [0.25, 0.3) is 11.4 Å². The summed E-state index contributed by atoms with van der Waals surface area (Å²) < 4.78 is 5.92. The molecule has 0 saturated heterocycles. The number of rotatable bonds is 20. The van der Waals surface area contributed by atoms with Gasteiger partial charge in [0.1, 0.15) is 5.75 Å². The van der Waals surface area contributed by atoms with Crippen LogP contribution in [-0.4, -0.2) is 16.6 Å². The maximum absolute atomic E-state index is 5.92. The molecule has 3 nitrogen and oxygen atoms in total. The summed E-state index contributed by atoms with van der Waals surface area (Å²) in [5.74, 6) is 3.64. The summed E-state index contributed by atoms with van der Waals surface area (Å²) >= 11 is 0. The Balaban J connectivity index is 1.27. The van der Waals surface area contributed by atoms with Gasteiger partial charge in [-0.05, 0) is 60.9 Å². The van der Waals surface area contributed by atoms with E-state index in [4.69, 9.17) is 4.74 Å². The number of ether oxygens (including phenoxy) is 1. The third-order valence-corrected chi connectivity index (χ3v) is 8.61. The molecular formula is C35H56N2O. The molecule has 1 aromatic heterocycles. The minimum Gasteiger partial charge on any atom is -0.494 e. The number of benzene rings is 1. The van der Waals surface area contributed by atoms with E-state index in [1.807, 2.05) is 24.5 Å². The fourth-order valence-electron chi connectivity index (χ4n) is 5.98. The predicted octanol–water partition coefficient (Wildman–Crippen LogP) is 10.8. The molecule has 0 N–H and O–H groups in total. The van der Waals surface area contributed by atoms with E-state index >= 15 is 0 Å². The van der Waals surface area contributed by atoms with Gasteiger partial charge in [0.15, 0.2) is 5.82 Å². The first-order valence-corrected chi connectivity index (χ1v) is 16.3. The van der Waals surface area contributed by atoms with Crippen LogP contribution in [0.1, 0.15) is 141 Å². The Labute approximate surface area is 234 Å². The van der Waals surface area contributed by atoms with E-state index in [0.29, 0.717) is 0 Å². The monoisotopic (exact) mass is 520 g/mol. The molecule has 0 atom stereocenters. The minimum absolute atomic E-state index is 0.803. The van der Waals surface area contributed by atoms with E-state index in [1.165, 1.54) is 121 Å². The van der Waals surface area contributed by atoms with Gasteiger partial charge in [-0.15, -0.1) is 0 Å². The van der Waals surface area contributed by atoms with Crippen molar-refractivity contribution < 1.29 is 4.74 Å². The van der Waals surface area contributed by atoms with Crippen molar-refractivity contribution in [2.24, 2.45) is 11.8 Å². The van der Waals surface area contributed by atoms with Gasteiger partial charge in [0.25, 0.3) is 0 Å². The Bertz CT molecular complexity index is 824. The maximum atomic E-state index is 5.92. The predicted molar refractivity (Wildman–Crippen MR) is 163 cm³/mol. The summed E-state index contributed by atoms with van der Waals surface area (Å²) in [6, 6.07) is 8.26. The standard InChI is InChI=1S/C35H56N2O/c1-3-5-7-9-11-12-14-16-30-17-19-31(20-18-30)21-22-32-28-36-35(37-29-32)33-23-25-34(26-24-33)38-27-15-13-10-8-6-4-2/h23-26,28-31H,3-22,27H2,1-2H3/t30-,31-. The summed E-state index contributed by atoms with van der Waals surface area (Å²) in [7, 11) is 0. The number of unbranched alkanes of at least 4 members (excludes halogenated alkanes) is 11. The molecule has 1 saturated carbocycles. The van der Waals surface area contributed by atoms with Gasteiger partial charge in [-0.2, -0.15) is 0 Å². The van der Waals surface area contributed by atoms with Crippen molar-refractivity contribution in [3.63, 3.8) is 0 Å². The van der Waals surface area contributed by atoms with Gasteiger partial charge in [-0.3, -0.25) is 0 Å². The lowest BCUT2D eigenvalue weighted by Crippen LogP contribution is -2.15. The molecule has 1 fully saturated rings. The zero-order chi connectivity index (χ0) is 26.7. The molecule has 2 aromatic rings. The van der Waals surface area contributed by atoms with Crippen molar-refractivity contribution in [3.8, 4) is 17.1 Å². The molecule has 212 valence electrons. The second-order valence-electron chi connectivity index (χ2n) is 11.9. The lowest BCUT2D eigenvalue weighted by molar-refractivity contribution is 0.248. The average Bonchev–Trinajstić information content (AvgIpc) is 2.96. The van der Waals surface area contributed by atoms with E-state index in [-0.39, 0.29) is 0 Å². The lowest BCUT2D eigenvalue weighted by Gasteiger charge is -2.28. The third kappa shape index (κ3) is 12.3. The highest BCUT2D eigenvalue weighted by atomic mass is 16.5. The Morgan fingerprint density at radius 1 is 0.632 bits per heavy atom. The van der Waals surface area contributed by atoms with E-state index < -0.39 is 0 Å². The molecule has 0 radical (unpaired) electrons. The number of aryl methyl sites for hydroxylation is 1. The molecule has 1 aliphatic rings. The van der Waals surface area contributed by atoms with E-state index in [9.17, 15) is 0 Å². The topological polar surface area (TPSA) is 35.0 Å². The van der Waals surface area contributed by atoms with Crippen LogP contribution in [0.4, 0.5) is 0 Å². The van der Waals surface area contributed by atoms with Gasteiger partial charge in [-0.1, -0.05) is 123 Å². The molecular weight excluding hydrogens is 464 g/mol. The Kier molecular flexibility index (Phi) is 15.5. The van der Waals surface area contributed by atoms with E-state index in [0.717, 1.165) is 48.4 Å². The number of hydrogen-bond acceptors (Lipinski definition) is 3. The summed E-state index contributed by atoms with van der Waals surface area (Å²) in [5.41, 5.74) is 2.33. The quantitative estimate of drug-likeness (QED) is 0.163. The van der Waals surface area contributed by atoms with Gasteiger partial charge in [0.2, 0.25) is 0 Å². The van der Waals surface area contributed by atoms with Crippen LogP contribution in [0, 0.1) is 11.8 Å². The van der Waals surface area contributed by atoms with Crippen molar-refractivity contribution in [2.75, 3.05) is 6.61 Å². The van der Waals surface area contributed by atoms with Crippen LogP contribution in [0.3, 0.4) is 0 Å². The molecule has 0 aliphatic heterocycles. The fourth-order valence-corrected chi connectivity index (χ4v) is 5.98. The minimum atomic E-state index is 0.803. The van der Waals surface area contributed by atoms with Crippen LogP contribution in [0.15, 0.2) is 36.7 Å². The second-order valence-corrected chi connectivity index (χ2v) is 11.9. The molecule has 0 unspecified atom stereocenters. The highest BCUT2D eigenvalue weighted by Gasteiger charge is 2.20.